The first-order valence-electron chi connectivity index (χ1n) is 4.59. The van der Waals surface area contributed by atoms with E-state index >= 15 is 0 Å². The van der Waals surface area contributed by atoms with Crippen LogP contribution in [0.1, 0.15) is 31.2 Å². The molecule has 0 aliphatic rings. The van der Waals surface area contributed by atoms with Crippen molar-refractivity contribution in [1.82, 2.24) is 0 Å². The van der Waals surface area contributed by atoms with Crippen LogP contribution in [0.5, 0.6) is 0 Å². The van der Waals surface area contributed by atoms with Crippen molar-refractivity contribution in [3.05, 3.63) is 35.6 Å². The molecule has 0 nitrogen and oxygen atoms in total. The summed E-state index contributed by atoms with van der Waals surface area (Å²) >= 11 is 3.48. The van der Waals surface area contributed by atoms with E-state index in [-0.39, 0.29) is 5.82 Å². The van der Waals surface area contributed by atoms with E-state index in [4.69, 9.17) is 0 Å². The molecule has 0 aliphatic heterocycles. The quantitative estimate of drug-likeness (QED) is 0.700. The summed E-state index contributed by atoms with van der Waals surface area (Å²) in [5.74, 6) is 0.360. The molecule has 0 radical (unpaired) electrons. The molecular formula is C11H14BrF. The van der Waals surface area contributed by atoms with E-state index in [1.54, 1.807) is 0 Å². The van der Waals surface area contributed by atoms with Gasteiger partial charge in [0.1, 0.15) is 5.82 Å². The van der Waals surface area contributed by atoms with Gasteiger partial charge in [0.2, 0.25) is 0 Å². The summed E-state index contributed by atoms with van der Waals surface area (Å²) in [6.45, 7) is 2.17. The lowest BCUT2D eigenvalue weighted by Crippen LogP contribution is -1.99. The highest BCUT2D eigenvalue weighted by atomic mass is 79.9. The molecule has 0 aromatic heterocycles. The lowest BCUT2D eigenvalue weighted by Gasteiger charge is -2.12. The molecule has 0 spiro atoms. The first-order chi connectivity index (χ1) is 6.27. The van der Waals surface area contributed by atoms with Crippen LogP contribution in [0.2, 0.25) is 0 Å². The van der Waals surface area contributed by atoms with Crippen molar-refractivity contribution in [2.45, 2.75) is 25.7 Å². The molecule has 1 aromatic carbocycles. The van der Waals surface area contributed by atoms with Crippen LogP contribution in [-0.2, 0) is 0 Å². The zero-order chi connectivity index (χ0) is 9.68. The van der Waals surface area contributed by atoms with E-state index in [0.717, 1.165) is 18.2 Å². The highest BCUT2D eigenvalue weighted by molar-refractivity contribution is 9.09. The molecule has 13 heavy (non-hydrogen) atoms. The predicted molar refractivity (Wildman–Crippen MR) is 57.8 cm³/mol. The third-order valence-electron chi connectivity index (χ3n) is 2.16. The van der Waals surface area contributed by atoms with Gasteiger partial charge < -0.3 is 0 Å². The van der Waals surface area contributed by atoms with Crippen molar-refractivity contribution in [2.75, 3.05) is 5.33 Å². The fourth-order valence-corrected chi connectivity index (χ4v) is 2.11. The number of alkyl halides is 1. The maximum Gasteiger partial charge on any atom is 0.123 e. The van der Waals surface area contributed by atoms with E-state index in [1.165, 1.54) is 17.7 Å². The average molecular weight is 245 g/mol. The summed E-state index contributed by atoms with van der Waals surface area (Å²) < 4.78 is 12.6. The Balaban J connectivity index is 2.73. The molecular weight excluding hydrogens is 231 g/mol. The fourth-order valence-electron chi connectivity index (χ4n) is 1.42. The van der Waals surface area contributed by atoms with Crippen LogP contribution in [0.25, 0.3) is 0 Å². The Hall–Kier alpha value is -0.370. The SMILES string of the molecule is CCCC(CBr)c1ccc(F)cc1. The Labute approximate surface area is 87.3 Å². The van der Waals surface area contributed by atoms with Crippen molar-refractivity contribution in [1.29, 1.82) is 0 Å². The Morgan fingerprint density at radius 3 is 2.38 bits per heavy atom. The van der Waals surface area contributed by atoms with Crippen LogP contribution in [0, 0.1) is 5.82 Å². The predicted octanol–water partition coefficient (Wildman–Crippen LogP) is 4.10. The van der Waals surface area contributed by atoms with E-state index in [0.29, 0.717) is 5.92 Å². The molecule has 0 heterocycles. The van der Waals surface area contributed by atoms with Crippen molar-refractivity contribution >= 4 is 15.9 Å². The van der Waals surface area contributed by atoms with E-state index in [1.807, 2.05) is 12.1 Å². The number of hydrogen-bond acceptors (Lipinski definition) is 0. The van der Waals surface area contributed by atoms with Crippen LogP contribution in [0.4, 0.5) is 4.39 Å². The molecule has 2 heteroatoms. The normalized spacial score (nSPS) is 12.8. The largest absolute Gasteiger partial charge is 0.207 e. The molecule has 1 rings (SSSR count). The molecule has 1 aromatic rings. The minimum atomic E-state index is -0.159. The van der Waals surface area contributed by atoms with E-state index < -0.39 is 0 Å². The lowest BCUT2D eigenvalue weighted by molar-refractivity contribution is 0.623. The molecule has 0 fully saturated rings. The van der Waals surface area contributed by atoms with Gasteiger partial charge in [-0.15, -0.1) is 0 Å². The molecule has 0 aliphatic carbocycles. The number of rotatable bonds is 4. The molecule has 1 atom stereocenters. The second-order valence-electron chi connectivity index (χ2n) is 3.19. The number of halogens is 2. The molecule has 72 valence electrons. The maximum atomic E-state index is 12.6. The van der Waals surface area contributed by atoms with Crippen LogP contribution >= 0.6 is 15.9 Å². The van der Waals surface area contributed by atoms with Gasteiger partial charge in [0, 0.05) is 5.33 Å². The Morgan fingerprint density at radius 2 is 1.92 bits per heavy atom. The van der Waals surface area contributed by atoms with Gasteiger partial charge >= 0.3 is 0 Å². The zero-order valence-electron chi connectivity index (χ0n) is 7.76. The summed E-state index contributed by atoms with van der Waals surface area (Å²) in [4.78, 5) is 0. The summed E-state index contributed by atoms with van der Waals surface area (Å²) in [5, 5.41) is 0.951. The third-order valence-corrected chi connectivity index (χ3v) is 2.95. The molecule has 0 N–H and O–H groups in total. The maximum absolute atomic E-state index is 12.6. The van der Waals surface area contributed by atoms with Crippen LogP contribution in [0.15, 0.2) is 24.3 Å². The van der Waals surface area contributed by atoms with Crippen molar-refractivity contribution in [3.63, 3.8) is 0 Å². The van der Waals surface area contributed by atoms with Crippen molar-refractivity contribution < 1.29 is 4.39 Å². The fraction of sp³-hybridized carbons (Fsp3) is 0.455. The van der Waals surface area contributed by atoms with Gasteiger partial charge in [-0.3, -0.25) is 0 Å². The second-order valence-corrected chi connectivity index (χ2v) is 3.84. The van der Waals surface area contributed by atoms with Crippen LogP contribution < -0.4 is 0 Å². The smallest absolute Gasteiger partial charge is 0.123 e. The van der Waals surface area contributed by atoms with Crippen molar-refractivity contribution in [2.24, 2.45) is 0 Å². The summed E-state index contributed by atoms with van der Waals surface area (Å²) in [7, 11) is 0. The van der Waals surface area contributed by atoms with E-state index in [9.17, 15) is 4.39 Å². The summed E-state index contributed by atoms with van der Waals surface area (Å²) in [6, 6.07) is 6.80. The third kappa shape index (κ3) is 3.11. The minimum absolute atomic E-state index is 0.159. The Morgan fingerprint density at radius 1 is 1.31 bits per heavy atom. The van der Waals surface area contributed by atoms with Gasteiger partial charge in [-0.05, 0) is 30.0 Å². The van der Waals surface area contributed by atoms with Gasteiger partial charge in [-0.2, -0.15) is 0 Å². The molecule has 1 unspecified atom stereocenters. The Kier molecular flexibility index (Phi) is 4.43. The van der Waals surface area contributed by atoms with Crippen LogP contribution in [-0.4, -0.2) is 5.33 Å². The lowest BCUT2D eigenvalue weighted by atomic mass is 9.97. The number of benzene rings is 1. The van der Waals surface area contributed by atoms with Gasteiger partial charge in [0.25, 0.3) is 0 Å². The van der Waals surface area contributed by atoms with E-state index in [2.05, 4.69) is 22.9 Å². The monoisotopic (exact) mass is 244 g/mol. The second kappa shape index (κ2) is 5.38. The highest BCUT2D eigenvalue weighted by Crippen LogP contribution is 2.23. The van der Waals surface area contributed by atoms with Gasteiger partial charge in [0.05, 0.1) is 0 Å². The van der Waals surface area contributed by atoms with Gasteiger partial charge in [-0.25, -0.2) is 4.39 Å². The average Bonchev–Trinajstić information content (AvgIpc) is 2.16. The minimum Gasteiger partial charge on any atom is -0.207 e. The molecule has 0 bridgehead atoms. The highest BCUT2D eigenvalue weighted by Gasteiger charge is 2.08. The topological polar surface area (TPSA) is 0 Å². The summed E-state index contributed by atoms with van der Waals surface area (Å²) in [6.07, 6.45) is 2.31. The summed E-state index contributed by atoms with van der Waals surface area (Å²) in [5.41, 5.74) is 1.22. The van der Waals surface area contributed by atoms with Crippen molar-refractivity contribution in [3.8, 4) is 0 Å². The number of hydrogen-bond donors (Lipinski definition) is 0. The van der Waals surface area contributed by atoms with Gasteiger partial charge in [0.15, 0.2) is 0 Å². The molecule has 0 saturated heterocycles. The van der Waals surface area contributed by atoms with Crippen LogP contribution in [0.3, 0.4) is 0 Å². The molecule has 0 saturated carbocycles. The standard InChI is InChI=1S/C11H14BrF/c1-2-3-10(8-12)9-4-6-11(13)7-5-9/h4-7,10H,2-3,8H2,1H3. The first kappa shape index (κ1) is 10.7. The van der Waals surface area contributed by atoms with Gasteiger partial charge in [-0.1, -0.05) is 41.4 Å². The first-order valence-corrected chi connectivity index (χ1v) is 5.71. The zero-order valence-corrected chi connectivity index (χ0v) is 9.35. The molecule has 0 amide bonds. The Bertz CT molecular complexity index is 243.